The maximum Gasteiger partial charge on any atom is 0.169 e. The summed E-state index contributed by atoms with van der Waals surface area (Å²) in [6.07, 6.45) is 3.28. The second kappa shape index (κ2) is 10.6. The number of methoxy groups -OCH3 is 1. The number of thiocarbonyl (C=S) groups is 1. The summed E-state index contributed by atoms with van der Waals surface area (Å²) < 4.78 is 5.04. The first kappa shape index (κ1) is 17.6. The fourth-order valence-corrected chi connectivity index (χ4v) is 2.36. The lowest BCUT2D eigenvalue weighted by molar-refractivity contribution is 0.195. The van der Waals surface area contributed by atoms with E-state index < -0.39 is 0 Å². The quantitative estimate of drug-likeness (QED) is 0.516. The van der Waals surface area contributed by atoms with Gasteiger partial charge in [0.15, 0.2) is 5.11 Å². The molecule has 0 unspecified atom stereocenters. The van der Waals surface area contributed by atoms with Gasteiger partial charge in [0.25, 0.3) is 0 Å². The molecule has 0 heterocycles. The molecule has 108 valence electrons. The number of rotatable bonds is 9. The fourth-order valence-electron chi connectivity index (χ4n) is 2.03. The maximum atomic E-state index is 5.53. The zero-order valence-corrected chi connectivity index (χ0v) is 13.5. The van der Waals surface area contributed by atoms with Crippen molar-refractivity contribution in [1.82, 2.24) is 10.2 Å². The van der Waals surface area contributed by atoms with Crippen molar-refractivity contribution in [1.29, 1.82) is 0 Å². The van der Waals surface area contributed by atoms with E-state index in [2.05, 4.69) is 37.9 Å². The molecule has 4 heteroatoms. The summed E-state index contributed by atoms with van der Waals surface area (Å²) in [6.45, 7) is 11.6. The topological polar surface area (TPSA) is 24.5 Å². The normalized spacial score (nSPS) is 11.1. The highest BCUT2D eigenvalue weighted by Crippen LogP contribution is 2.11. The number of hydrogen-bond donors (Lipinski definition) is 1. The first-order valence-corrected chi connectivity index (χ1v) is 7.50. The largest absolute Gasteiger partial charge is 0.385 e. The third-order valence-electron chi connectivity index (χ3n) is 3.01. The van der Waals surface area contributed by atoms with E-state index in [1.54, 1.807) is 7.11 Å². The Labute approximate surface area is 118 Å². The molecule has 18 heavy (non-hydrogen) atoms. The van der Waals surface area contributed by atoms with Gasteiger partial charge in [0.05, 0.1) is 0 Å². The van der Waals surface area contributed by atoms with Crippen LogP contribution in [0.2, 0.25) is 0 Å². The van der Waals surface area contributed by atoms with E-state index in [1.807, 2.05) is 0 Å². The highest BCUT2D eigenvalue weighted by atomic mass is 32.1. The average Bonchev–Trinajstić information content (AvgIpc) is 2.34. The summed E-state index contributed by atoms with van der Waals surface area (Å²) in [4.78, 5) is 2.35. The lowest BCUT2D eigenvalue weighted by atomic mass is 10.1. The molecule has 0 aliphatic rings. The molecule has 0 amide bonds. The smallest absolute Gasteiger partial charge is 0.169 e. The van der Waals surface area contributed by atoms with Crippen LogP contribution in [0, 0.1) is 5.92 Å². The number of hydrogen-bond acceptors (Lipinski definition) is 2. The monoisotopic (exact) mass is 274 g/mol. The molecule has 0 radical (unpaired) electrons. The minimum absolute atomic E-state index is 0.551. The van der Waals surface area contributed by atoms with Crippen molar-refractivity contribution in [3.63, 3.8) is 0 Å². The first-order chi connectivity index (χ1) is 8.56. The molecule has 0 atom stereocenters. The van der Waals surface area contributed by atoms with E-state index in [1.165, 1.54) is 0 Å². The van der Waals surface area contributed by atoms with Gasteiger partial charge < -0.3 is 15.0 Å². The zero-order valence-electron chi connectivity index (χ0n) is 12.7. The van der Waals surface area contributed by atoms with Crippen LogP contribution in [0.1, 0.15) is 47.0 Å². The van der Waals surface area contributed by atoms with Crippen LogP contribution in [-0.4, -0.2) is 42.9 Å². The van der Waals surface area contributed by atoms with Gasteiger partial charge >= 0.3 is 0 Å². The van der Waals surface area contributed by atoms with Crippen LogP contribution in [0.5, 0.6) is 0 Å². The Bertz CT molecular complexity index is 218. The van der Waals surface area contributed by atoms with Crippen molar-refractivity contribution in [2.75, 3.05) is 26.8 Å². The van der Waals surface area contributed by atoms with Gasteiger partial charge in [-0.05, 0) is 37.4 Å². The van der Waals surface area contributed by atoms with Crippen molar-refractivity contribution in [3.05, 3.63) is 0 Å². The van der Waals surface area contributed by atoms with E-state index >= 15 is 0 Å². The summed E-state index contributed by atoms with van der Waals surface area (Å²) in [7, 11) is 1.73. The average molecular weight is 274 g/mol. The predicted molar refractivity (Wildman–Crippen MR) is 83.0 cm³/mol. The number of nitrogens with one attached hydrogen (secondary N) is 1. The SMILES string of the molecule is CCC(CC)N(CC(C)C)C(=S)NCCCOC. The van der Waals surface area contributed by atoms with E-state index in [0.29, 0.717) is 12.0 Å². The molecule has 0 fully saturated rings. The zero-order chi connectivity index (χ0) is 14.0. The molecule has 0 aromatic heterocycles. The van der Waals surface area contributed by atoms with Crippen LogP contribution in [0.15, 0.2) is 0 Å². The summed E-state index contributed by atoms with van der Waals surface area (Å²) in [5, 5.41) is 4.25. The van der Waals surface area contributed by atoms with Crippen molar-refractivity contribution in [2.45, 2.75) is 53.0 Å². The highest BCUT2D eigenvalue weighted by Gasteiger charge is 2.18. The third-order valence-corrected chi connectivity index (χ3v) is 3.39. The Morgan fingerprint density at radius 3 is 2.33 bits per heavy atom. The molecule has 3 nitrogen and oxygen atoms in total. The van der Waals surface area contributed by atoms with Gasteiger partial charge in [0.1, 0.15) is 0 Å². The van der Waals surface area contributed by atoms with E-state index in [-0.39, 0.29) is 0 Å². The van der Waals surface area contributed by atoms with Crippen molar-refractivity contribution in [3.8, 4) is 0 Å². The molecular formula is C14H30N2OS. The summed E-state index contributed by atoms with van der Waals surface area (Å²) >= 11 is 5.53. The molecule has 0 bridgehead atoms. The minimum atomic E-state index is 0.551. The Kier molecular flexibility index (Phi) is 10.4. The van der Waals surface area contributed by atoms with E-state index in [4.69, 9.17) is 17.0 Å². The van der Waals surface area contributed by atoms with Crippen molar-refractivity contribution in [2.24, 2.45) is 5.92 Å². The second-order valence-corrected chi connectivity index (χ2v) is 5.48. The molecule has 0 rings (SSSR count). The number of ether oxygens (including phenoxy) is 1. The number of nitrogens with zero attached hydrogens (tertiary/aromatic N) is 1. The second-order valence-electron chi connectivity index (χ2n) is 5.09. The molecule has 0 aromatic rings. The van der Waals surface area contributed by atoms with Gasteiger partial charge in [0, 0.05) is 32.8 Å². The summed E-state index contributed by atoms with van der Waals surface area (Å²) in [6, 6.07) is 0.551. The van der Waals surface area contributed by atoms with Crippen LogP contribution >= 0.6 is 12.2 Å². The lowest BCUT2D eigenvalue weighted by Crippen LogP contribution is -2.47. The Hall–Kier alpha value is -0.350. The van der Waals surface area contributed by atoms with Gasteiger partial charge in [-0.15, -0.1) is 0 Å². The van der Waals surface area contributed by atoms with Gasteiger partial charge in [-0.2, -0.15) is 0 Å². The Morgan fingerprint density at radius 2 is 1.89 bits per heavy atom. The minimum Gasteiger partial charge on any atom is -0.385 e. The van der Waals surface area contributed by atoms with Crippen LogP contribution in [0.3, 0.4) is 0 Å². The van der Waals surface area contributed by atoms with E-state index in [0.717, 1.165) is 44.1 Å². The predicted octanol–water partition coefficient (Wildman–Crippen LogP) is 3.04. The van der Waals surface area contributed by atoms with Crippen LogP contribution in [-0.2, 0) is 4.74 Å². The van der Waals surface area contributed by atoms with Crippen molar-refractivity contribution < 1.29 is 4.74 Å². The highest BCUT2D eigenvalue weighted by molar-refractivity contribution is 7.80. The fraction of sp³-hybridized carbons (Fsp3) is 0.929. The van der Waals surface area contributed by atoms with Crippen LogP contribution in [0.4, 0.5) is 0 Å². The molecule has 0 spiro atoms. The molecule has 0 aliphatic heterocycles. The molecular weight excluding hydrogens is 244 g/mol. The van der Waals surface area contributed by atoms with Crippen molar-refractivity contribution >= 4 is 17.3 Å². The first-order valence-electron chi connectivity index (χ1n) is 7.10. The lowest BCUT2D eigenvalue weighted by Gasteiger charge is -2.34. The van der Waals surface area contributed by atoms with E-state index in [9.17, 15) is 0 Å². The van der Waals surface area contributed by atoms with Gasteiger partial charge in [0.2, 0.25) is 0 Å². The molecule has 0 aromatic carbocycles. The summed E-state index contributed by atoms with van der Waals surface area (Å²) in [5.41, 5.74) is 0. The molecule has 0 saturated carbocycles. The standard InChI is InChI=1S/C14H30N2OS/c1-6-13(7-2)16(11-12(3)4)14(18)15-9-8-10-17-5/h12-13H,6-11H2,1-5H3,(H,15,18). The Morgan fingerprint density at radius 1 is 1.28 bits per heavy atom. The maximum absolute atomic E-state index is 5.53. The third kappa shape index (κ3) is 7.17. The summed E-state index contributed by atoms with van der Waals surface area (Å²) in [5.74, 6) is 0.629. The molecule has 0 saturated heterocycles. The Balaban J connectivity index is 4.30. The van der Waals surface area contributed by atoms with Gasteiger partial charge in [-0.1, -0.05) is 27.7 Å². The van der Waals surface area contributed by atoms with Gasteiger partial charge in [-0.3, -0.25) is 0 Å². The van der Waals surface area contributed by atoms with Crippen LogP contribution < -0.4 is 5.32 Å². The molecule has 1 N–H and O–H groups in total. The molecule has 0 aliphatic carbocycles. The van der Waals surface area contributed by atoms with Crippen LogP contribution in [0.25, 0.3) is 0 Å². The van der Waals surface area contributed by atoms with Gasteiger partial charge in [-0.25, -0.2) is 0 Å².